The van der Waals surface area contributed by atoms with Gasteiger partial charge in [-0.05, 0) is 12.8 Å². The summed E-state index contributed by atoms with van der Waals surface area (Å²) in [5, 5.41) is 0. The van der Waals surface area contributed by atoms with Crippen LogP contribution >= 0.6 is 0 Å². The van der Waals surface area contributed by atoms with Gasteiger partial charge in [0.15, 0.2) is 0 Å². The minimum absolute atomic E-state index is 0.0995. The molecule has 1 unspecified atom stereocenters. The summed E-state index contributed by atoms with van der Waals surface area (Å²) in [7, 11) is 0. The molecule has 0 spiro atoms. The summed E-state index contributed by atoms with van der Waals surface area (Å²) in [6.45, 7) is 5.74. The fraction of sp³-hybridized carbons (Fsp3) is 0.750. The molecule has 0 aliphatic rings. The van der Waals surface area contributed by atoms with Crippen LogP contribution in [0, 0.1) is 0 Å². The Balaban J connectivity index is 3.04. The second kappa shape index (κ2) is 6.74. The quantitative estimate of drug-likeness (QED) is 0.480. The number of rotatable bonds is 5. The second-order valence-electron chi connectivity index (χ2n) is 1.96. The topological polar surface area (TPSA) is 0 Å². The van der Waals surface area contributed by atoms with Gasteiger partial charge in [-0.2, -0.15) is 0 Å². The maximum Gasteiger partial charge on any atom is 0.0270 e. The third-order valence-corrected chi connectivity index (χ3v) is 1.10. The van der Waals surface area contributed by atoms with Gasteiger partial charge >= 0.3 is 0 Å². The van der Waals surface area contributed by atoms with Crippen molar-refractivity contribution in [1.82, 2.24) is 0 Å². The van der Waals surface area contributed by atoms with E-state index in [2.05, 4.69) is 13.5 Å². The first-order valence-corrected chi connectivity index (χ1v) is 3.34. The summed E-state index contributed by atoms with van der Waals surface area (Å²) >= 11 is 0. The van der Waals surface area contributed by atoms with Crippen LogP contribution in [0.15, 0.2) is 12.7 Å². The van der Waals surface area contributed by atoms with Crippen molar-refractivity contribution >= 4 is 0 Å². The molecule has 0 heterocycles. The van der Waals surface area contributed by atoms with E-state index in [9.17, 15) is 0 Å². The van der Waals surface area contributed by atoms with Gasteiger partial charge in [-0.25, -0.2) is 0 Å². The summed E-state index contributed by atoms with van der Waals surface area (Å²) in [4.78, 5) is 0. The Kier molecular flexibility index (Phi) is 4.94. The van der Waals surface area contributed by atoms with E-state index in [1.165, 1.54) is 12.8 Å². The highest BCUT2D eigenvalue weighted by molar-refractivity contribution is 4.64. The minimum atomic E-state index is 0.0995. The Morgan fingerprint density at radius 3 is 2.88 bits per heavy atom. The van der Waals surface area contributed by atoms with Gasteiger partial charge in [0.2, 0.25) is 0 Å². The van der Waals surface area contributed by atoms with Crippen molar-refractivity contribution < 1.29 is 1.37 Å². The lowest BCUT2D eigenvalue weighted by Crippen LogP contribution is -1.71. The molecule has 0 rings (SSSR count). The summed E-state index contributed by atoms with van der Waals surface area (Å²) in [6, 6.07) is 0. The van der Waals surface area contributed by atoms with E-state index in [1.807, 2.05) is 6.08 Å². The monoisotopic (exact) mass is 113 g/mol. The highest BCUT2D eigenvalue weighted by Crippen LogP contribution is 2.01. The molecule has 1 atom stereocenters. The van der Waals surface area contributed by atoms with E-state index in [0.717, 1.165) is 12.8 Å². The summed E-state index contributed by atoms with van der Waals surface area (Å²) in [5.74, 6) is 0. The third kappa shape index (κ3) is 5.74. The maximum absolute atomic E-state index is 7.40. The standard InChI is InChI=1S/C8H16/c1-3-5-7-8-6-4-2/h3H,1,4-8H2,2H3/i7D. The molecular formula is C8H16. The van der Waals surface area contributed by atoms with Crippen LogP contribution < -0.4 is 0 Å². The van der Waals surface area contributed by atoms with E-state index >= 15 is 0 Å². The lowest BCUT2D eigenvalue weighted by molar-refractivity contribution is 0.675. The van der Waals surface area contributed by atoms with E-state index in [4.69, 9.17) is 1.37 Å². The molecular weight excluding hydrogens is 96.1 g/mol. The van der Waals surface area contributed by atoms with Crippen LogP contribution in [0.4, 0.5) is 0 Å². The van der Waals surface area contributed by atoms with Crippen molar-refractivity contribution in [2.24, 2.45) is 0 Å². The molecule has 0 aliphatic heterocycles. The van der Waals surface area contributed by atoms with Crippen molar-refractivity contribution in [1.29, 1.82) is 0 Å². The van der Waals surface area contributed by atoms with Crippen molar-refractivity contribution in [3.8, 4) is 0 Å². The lowest BCUT2D eigenvalue weighted by atomic mass is 10.2. The Hall–Kier alpha value is -0.260. The molecule has 0 N–H and O–H groups in total. The normalized spacial score (nSPS) is 14.9. The van der Waals surface area contributed by atoms with Crippen molar-refractivity contribution in [2.75, 3.05) is 0 Å². The Bertz CT molecular complexity index is 69.0. The van der Waals surface area contributed by atoms with Crippen molar-refractivity contribution in [3.63, 3.8) is 0 Å². The van der Waals surface area contributed by atoms with Gasteiger partial charge in [0.25, 0.3) is 0 Å². The van der Waals surface area contributed by atoms with E-state index in [1.54, 1.807) is 0 Å². The Labute approximate surface area is 54.0 Å². The van der Waals surface area contributed by atoms with Crippen LogP contribution in [0.2, 0.25) is 0 Å². The minimum Gasteiger partial charge on any atom is -0.103 e. The van der Waals surface area contributed by atoms with Gasteiger partial charge in [0.1, 0.15) is 0 Å². The Morgan fingerprint density at radius 2 is 2.38 bits per heavy atom. The first-order chi connectivity index (χ1) is 4.31. The van der Waals surface area contributed by atoms with E-state index in [0.29, 0.717) is 0 Å². The van der Waals surface area contributed by atoms with Crippen LogP contribution in [0.1, 0.15) is 40.4 Å². The molecule has 0 saturated heterocycles. The highest BCUT2D eigenvalue weighted by Gasteiger charge is 1.81. The van der Waals surface area contributed by atoms with E-state index in [-0.39, 0.29) is 6.40 Å². The Morgan fingerprint density at radius 1 is 1.62 bits per heavy atom. The fourth-order valence-electron chi connectivity index (χ4n) is 0.584. The number of hydrogen-bond donors (Lipinski definition) is 0. The van der Waals surface area contributed by atoms with Crippen LogP contribution in [-0.4, -0.2) is 0 Å². The fourth-order valence-corrected chi connectivity index (χ4v) is 0.584. The molecule has 0 bridgehead atoms. The average molecular weight is 113 g/mol. The van der Waals surface area contributed by atoms with Gasteiger partial charge < -0.3 is 0 Å². The van der Waals surface area contributed by atoms with Crippen molar-refractivity contribution in [3.05, 3.63) is 12.7 Å². The van der Waals surface area contributed by atoms with Crippen LogP contribution in [0.25, 0.3) is 0 Å². The number of unbranched alkanes of at least 4 members (excludes halogenated alkanes) is 1. The average Bonchev–Trinajstić information content (AvgIpc) is 1.85. The zero-order valence-corrected chi connectivity index (χ0v) is 5.69. The van der Waals surface area contributed by atoms with Gasteiger partial charge in [0.05, 0.1) is 0 Å². The van der Waals surface area contributed by atoms with Gasteiger partial charge in [-0.15, -0.1) is 6.58 Å². The molecule has 0 saturated carbocycles. The highest BCUT2D eigenvalue weighted by atomic mass is 13.9. The van der Waals surface area contributed by atoms with Crippen LogP contribution in [0.5, 0.6) is 0 Å². The molecule has 0 amide bonds. The summed E-state index contributed by atoms with van der Waals surface area (Å²) in [6.07, 6.45) is 6.19. The van der Waals surface area contributed by atoms with Gasteiger partial charge in [-0.1, -0.05) is 32.3 Å². The molecule has 48 valence electrons. The maximum atomic E-state index is 7.40. The number of hydrogen-bond acceptors (Lipinski definition) is 0. The molecule has 0 radical (unpaired) electrons. The molecule has 0 nitrogen and oxygen atoms in total. The molecule has 0 fully saturated rings. The SMILES string of the molecule is [2H]C(CC=C)CCCC. The van der Waals surface area contributed by atoms with Gasteiger partial charge in [-0.3, -0.25) is 0 Å². The second-order valence-corrected chi connectivity index (χ2v) is 1.96. The summed E-state index contributed by atoms with van der Waals surface area (Å²) < 4.78 is 7.40. The smallest absolute Gasteiger partial charge is 0.0270 e. The molecule has 0 aromatic carbocycles. The first kappa shape index (κ1) is 5.87. The lowest BCUT2D eigenvalue weighted by Gasteiger charge is -1.91. The molecule has 0 aliphatic carbocycles. The zero-order valence-electron chi connectivity index (χ0n) is 6.69. The summed E-state index contributed by atoms with van der Waals surface area (Å²) in [5.41, 5.74) is 0. The predicted octanol–water partition coefficient (Wildman–Crippen LogP) is 3.14. The molecule has 0 heteroatoms. The molecule has 8 heavy (non-hydrogen) atoms. The molecule has 0 aromatic heterocycles. The van der Waals surface area contributed by atoms with Crippen molar-refractivity contribution in [2.45, 2.75) is 39.0 Å². The molecule has 0 aromatic rings. The number of allylic oxidation sites excluding steroid dienone is 1. The first-order valence-electron chi connectivity index (χ1n) is 3.92. The zero-order chi connectivity index (χ0) is 7.11. The van der Waals surface area contributed by atoms with Crippen LogP contribution in [-0.2, 0) is 0 Å². The predicted molar refractivity (Wildman–Crippen MR) is 39.0 cm³/mol. The van der Waals surface area contributed by atoms with Gasteiger partial charge in [0, 0.05) is 1.37 Å². The van der Waals surface area contributed by atoms with Crippen LogP contribution in [0.3, 0.4) is 0 Å². The largest absolute Gasteiger partial charge is 0.103 e. The van der Waals surface area contributed by atoms with E-state index < -0.39 is 0 Å². The third-order valence-electron chi connectivity index (χ3n) is 1.10.